The highest BCUT2D eigenvalue weighted by Gasteiger charge is 2.30. The van der Waals surface area contributed by atoms with E-state index in [1.165, 1.54) is 0 Å². The van der Waals surface area contributed by atoms with E-state index in [9.17, 15) is 10.1 Å². The quantitative estimate of drug-likeness (QED) is 0.842. The fourth-order valence-electron chi connectivity index (χ4n) is 2.83. The minimum absolute atomic E-state index is 0.0789. The van der Waals surface area contributed by atoms with Crippen LogP contribution in [-0.4, -0.2) is 30.4 Å². The highest BCUT2D eigenvalue weighted by molar-refractivity contribution is 5.76. The zero-order valence-electron chi connectivity index (χ0n) is 12.2. The van der Waals surface area contributed by atoms with Crippen molar-refractivity contribution in [3.05, 3.63) is 35.9 Å². The summed E-state index contributed by atoms with van der Waals surface area (Å²) in [5.74, 6) is -0.313. The van der Waals surface area contributed by atoms with Gasteiger partial charge in [-0.05, 0) is 31.4 Å². The van der Waals surface area contributed by atoms with Gasteiger partial charge < -0.3 is 16.4 Å². The largest absolute Gasteiger partial charge is 0.369 e. The van der Waals surface area contributed by atoms with Crippen LogP contribution in [0.1, 0.15) is 24.8 Å². The molecule has 1 amide bonds. The van der Waals surface area contributed by atoms with Crippen LogP contribution in [0.3, 0.4) is 0 Å². The van der Waals surface area contributed by atoms with Crippen molar-refractivity contribution in [2.45, 2.75) is 24.8 Å². The molecule has 1 aliphatic heterocycles. The average Bonchev–Trinajstić information content (AvgIpc) is 2.53. The second kappa shape index (κ2) is 6.70. The maximum atomic E-state index is 11.3. The summed E-state index contributed by atoms with van der Waals surface area (Å²) < 4.78 is 0. The molecular formula is C16H22N4O. The molecule has 1 saturated heterocycles. The van der Waals surface area contributed by atoms with E-state index in [-0.39, 0.29) is 11.8 Å². The minimum Gasteiger partial charge on any atom is -0.369 e. The fourth-order valence-corrected chi connectivity index (χ4v) is 2.83. The van der Waals surface area contributed by atoms with Gasteiger partial charge in [0.2, 0.25) is 5.91 Å². The fraction of sp³-hybridized carbons (Fsp3) is 0.500. The van der Waals surface area contributed by atoms with Gasteiger partial charge in [-0.2, -0.15) is 5.26 Å². The summed E-state index contributed by atoms with van der Waals surface area (Å²) in [6, 6.07) is 11.7. The Morgan fingerprint density at radius 2 is 2.14 bits per heavy atom. The lowest BCUT2D eigenvalue weighted by atomic mass is 9.88. The highest BCUT2D eigenvalue weighted by atomic mass is 16.1. The smallest absolute Gasteiger partial charge is 0.221 e. The standard InChI is InChI=1S/C16H22N4O/c17-12-16(19,14-6-2-1-3-7-14)8-10-20-9-4-5-13(11-20)15(18)21/h1-3,6-7,13H,4-5,8-11,19H2,(H2,18,21). The maximum absolute atomic E-state index is 11.3. The molecular weight excluding hydrogens is 264 g/mol. The number of nitrogens with zero attached hydrogens (tertiary/aromatic N) is 2. The number of nitriles is 1. The molecule has 0 saturated carbocycles. The van der Waals surface area contributed by atoms with Gasteiger partial charge in [-0.3, -0.25) is 4.79 Å². The molecule has 1 aromatic rings. The second-order valence-corrected chi connectivity index (χ2v) is 5.74. The number of carbonyl (C=O) groups is 1. The first-order chi connectivity index (χ1) is 10.0. The van der Waals surface area contributed by atoms with Gasteiger partial charge in [-0.25, -0.2) is 0 Å². The summed E-state index contributed by atoms with van der Waals surface area (Å²) in [5, 5.41) is 9.44. The van der Waals surface area contributed by atoms with Gasteiger partial charge in [0.15, 0.2) is 0 Å². The van der Waals surface area contributed by atoms with Crippen LogP contribution in [0.2, 0.25) is 0 Å². The molecule has 1 aromatic carbocycles. The summed E-state index contributed by atoms with van der Waals surface area (Å²) in [6.07, 6.45) is 2.36. The Morgan fingerprint density at radius 1 is 1.43 bits per heavy atom. The summed E-state index contributed by atoms with van der Waals surface area (Å²) in [6.45, 7) is 2.30. The summed E-state index contributed by atoms with van der Waals surface area (Å²) in [4.78, 5) is 13.5. The molecule has 5 heteroatoms. The van der Waals surface area contributed by atoms with Gasteiger partial charge in [0.05, 0.1) is 12.0 Å². The van der Waals surface area contributed by atoms with E-state index in [0.717, 1.165) is 24.9 Å². The Balaban J connectivity index is 1.98. The SMILES string of the molecule is N#CC(N)(CCN1CCCC(C(N)=O)C1)c1ccccc1. The molecule has 4 N–H and O–H groups in total. The number of hydrogen-bond donors (Lipinski definition) is 2. The molecule has 0 bridgehead atoms. The number of amides is 1. The molecule has 112 valence electrons. The lowest BCUT2D eigenvalue weighted by Gasteiger charge is -2.33. The highest BCUT2D eigenvalue weighted by Crippen LogP contribution is 2.23. The van der Waals surface area contributed by atoms with Crippen molar-refractivity contribution in [3.63, 3.8) is 0 Å². The van der Waals surface area contributed by atoms with Crippen LogP contribution in [0.4, 0.5) is 0 Å². The second-order valence-electron chi connectivity index (χ2n) is 5.74. The van der Waals surface area contributed by atoms with Crippen molar-refractivity contribution in [2.24, 2.45) is 17.4 Å². The first-order valence-electron chi connectivity index (χ1n) is 7.32. The number of primary amides is 1. The van der Waals surface area contributed by atoms with E-state index >= 15 is 0 Å². The van der Waals surface area contributed by atoms with Crippen molar-refractivity contribution in [1.82, 2.24) is 4.90 Å². The monoisotopic (exact) mass is 286 g/mol. The molecule has 1 fully saturated rings. The zero-order valence-corrected chi connectivity index (χ0v) is 12.2. The number of rotatable bonds is 5. The van der Waals surface area contributed by atoms with E-state index < -0.39 is 5.54 Å². The van der Waals surface area contributed by atoms with E-state index in [1.807, 2.05) is 30.3 Å². The molecule has 0 radical (unpaired) electrons. The lowest BCUT2D eigenvalue weighted by Crippen LogP contribution is -2.44. The molecule has 21 heavy (non-hydrogen) atoms. The molecule has 0 aliphatic carbocycles. The number of carbonyl (C=O) groups excluding carboxylic acids is 1. The predicted octanol–water partition coefficient (Wildman–Crippen LogP) is 0.952. The van der Waals surface area contributed by atoms with Crippen molar-refractivity contribution in [2.75, 3.05) is 19.6 Å². The predicted molar refractivity (Wildman–Crippen MR) is 80.9 cm³/mol. The van der Waals surface area contributed by atoms with Gasteiger partial charge >= 0.3 is 0 Å². The summed E-state index contributed by atoms with van der Waals surface area (Å²) in [5.41, 5.74) is 11.5. The number of benzene rings is 1. The summed E-state index contributed by atoms with van der Waals surface area (Å²) in [7, 11) is 0. The molecule has 1 heterocycles. The molecule has 0 spiro atoms. The average molecular weight is 286 g/mol. The third kappa shape index (κ3) is 3.81. The first kappa shape index (κ1) is 15.5. The van der Waals surface area contributed by atoms with Gasteiger partial charge in [0, 0.05) is 13.1 Å². The number of likely N-dealkylation sites (tertiary alicyclic amines) is 1. The van der Waals surface area contributed by atoms with Crippen molar-refractivity contribution >= 4 is 5.91 Å². The molecule has 2 unspecified atom stereocenters. The van der Waals surface area contributed by atoms with Gasteiger partial charge in [0.1, 0.15) is 5.54 Å². The summed E-state index contributed by atoms with van der Waals surface area (Å²) >= 11 is 0. The lowest BCUT2D eigenvalue weighted by molar-refractivity contribution is -0.123. The van der Waals surface area contributed by atoms with E-state index in [2.05, 4.69) is 11.0 Å². The van der Waals surface area contributed by atoms with Crippen LogP contribution in [-0.2, 0) is 10.3 Å². The van der Waals surface area contributed by atoms with Gasteiger partial charge in [-0.15, -0.1) is 0 Å². The van der Waals surface area contributed by atoms with Crippen LogP contribution < -0.4 is 11.5 Å². The number of hydrogen-bond acceptors (Lipinski definition) is 4. The Morgan fingerprint density at radius 3 is 2.76 bits per heavy atom. The van der Waals surface area contributed by atoms with Crippen molar-refractivity contribution in [1.29, 1.82) is 5.26 Å². The Kier molecular flexibility index (Phi) is 4.94. The number of nitrogens with two attached hydrogens (primary N) is 2. The van der Waals surface area contributed by atoms with Crippen molar-refractivity contribution < 1.29 is 4.79 Å². The van der Waals surface area contributed by atoms with Gasteiger partial charge in [-0.1, -0.05) is 30.3 Å². The van der Waals surface area contributed by atoms with E-state index in [4.69, 9.17) is 11.5 Å². The third-order valence-corrected chi connectivity index (χ3v) is 4.22. The minimum atomic E-state index is -0.985. The Labute approximate surface area is 125 Å². The topological polar surface area (TPSA) is 96.1 Å². The Bertz CT molecular complexity index is 525. The van der Waals surface area contributed by atoms with Gasteiger partial charge in [0.25, 0.3) is 0 Å². The molecule has 1 aliphatic rings. The maximum Gasteiger partial charge on any atom is 0.221 e. The van der Waals surface area contributed by atoms with Crippen LogP contribution in [0.25, 0.3) is 0 Å². The van der Waals surface area contributed by atoms with Crippen LogP contribution in [0.15, 0.2) is 30.3 Å². The van der Waals surface area contributed by atoms with E-state index in [1.54, 1.807) is 0 Å². The van der Waals surface area contributed by atoms with Crippen LogP contribution in [0, 0.1) is 17.2 Å². The zero-order chi connectivity index (χ0) is 15.3. The molecule has 5 nitrogen and oxygen atoms in total. The Hall–Kier alpha value is -1.90. The van der Waals surface area contributed by atoms with Crippen LogP contribution in [0.5, 0.6) is 0 Å². The normalized spacial score (nSPS) is 22.2. The molecule has 0 aromatic heterocycles. The number of piperidine rings is 1. The molecule has 2 atom stereocenters. The molecule has 2 rings (SSSR count). The van der Waals surface area contributed by atoms with Crippen LogP contribution >= 0.6 is 0 Å². The third-order valence-electron chi connectivity index (χ3n) is 4.22. The van der Waals surface area contributed by atoms with E-state index in [0.29, 0.717) is 19.5 Å². The first-order valence-corrected chi connectivity index (χ1v) is 7.32. The van der Waals surface area contributed by atoms with Crippen molar-refractivity contribution in [3.8, 4) is 6.07 Å².